The molecule has 0 radical (unpaired) electrons. The number of nitriles is 1. The molecule has 0 N–H and O–H groups in total. The highest BCUT2D eigenvalue weighted by Gasteiger charge is 2.42. The minimum absolute atomic E-state index is 0.217. The van der Waals surface area contributed by atoms with Crippen LogP contribution >= 0.6 is 11.8 Å². The lowest BCUT2D eigenvalue weighted by molar-refractivity contribution is 0.601. The van der Waals surface area contributed by atoms with Crippen LogP contribution in [-0.2, 0) is 9.84 Å². The Morgan fingerprint density at radius 1 is 1.33 bits per heavy atom. The number of hydrogen-bond donors (Lipinski definition) is 0. The average molecular weight is 281 g/mol. The molecule has 0 bridgehead atoms. The van der Waals surface area contributed by atoms with Gasteiger partial charge in [0.05, 0.1) is 11.0 Å². The van der Waals surface area contributed by atoms with Crippen LogP contribution in [0.2, 0.25) is 0 Å². The van der Waals surface area contributed by atoms with Crippen molar-refractivity contribution in [2.45, 2.75) is 29.1 Å². The highest BCUT2D eigenvalue weighted by molar-refractivity contribution is 7.99. The highest BCUT2D eigenvalue weighted by atomic mass is 32.2. The van der Waals surface area contributed by atoms with Crippen LogP contribution in [0.5, 0.6) is 0 Å². The molecule has 1 aromatic carbocycles. The number of thioether (sulfide) groups is 1. The first-order chi connectivity index (χ1) is 8.45. The van der Waals surface area contributed by atoms with Gasteiger partial charge in [0, 0.05) is 23.3 Å². The Balaban J connectivity index is 1.98. The van der Waals surface area contributed by atoms with Gasteiger partial charge in [-0.2, -0.15) is 5.26 Å². The summed E-state index contributed by atoms with van der Waals surface area (Å²) in [7, 11) is -3.11. The van der Waals surface area contributed by atoms with Gasteiger partial charge in [-0.1, -0.05) is 0 Å². The highest BCUT2D eigenvalue weighted by Crippen LogP contribution is 2.51. The molecular formula is C13H15NO2S2. The zero-order valence-electron chi connectivity index (χ0n) is 10.2. The van der Waals surface area contributed by atoms with Crippen molar-refractivity contribution in [3.63, 3.8) is 0 Å². The van der Waals surface area contributed by atoms with Gasteiger partial charge in [-0.15, -0.1) is 11.8 Å². The van der Waals surface area contributed by atoms with E-state index in [2.05, 4.69) is 6.07 Å². The first-order valence-corrected chi connectivity index (χ1v) is 8.63. The maximum Gasteiger partial charge on any atom is 0.175 e. The van der Waals surface area contributed by atoms with E-state index >= 15 is 0 Å². The standard InChI is InChI=1S/C13H15NO2S2/c1-18(15,16)12-4-2-11(3-5-12)17-10-13(6-7-13)8-9-14/h2-5H,6-8,10H2,1H3. The van der Waals surface area contributed by atoms with E-state index < -0.39 is 9.84 Å². The van der Waals surface area contributed by atoms with E-state index in [1.165, 1.54) is 6.26 Å². The number of rotatable bonds is 5. The summed E-state index contributed by atoms with van der Waals surface area (Å²) in [5.41, 5.74) is 0.217. The second-order valence-corrected chi connectivity index (χ2v) is 7.93. The van der Waals surface area contributed by atoms with Gasteiger partial charge in [0.2, 0.25) is 0 Å². The summed E-state index contributed by atoms with van der Waals surface area (Å²) in [6, 6.07) is 9.20. The topological polar surface area (TPSA) is 57.9 Å². The fourth-order valence-electron chi connectivity index (χ4n) is 1.74. The Morgan fingerprint density at radius 3 is 2.39 bits per heavy atom. The van der Waals surface area contributed by atoms with Crippen molar-refractivity contribution >= 4 is 21.6 Å². The van der Waals surface area contributed by atoms with Gasteiger partial charge in [0.1, 0.15) is 0 Å². The molecule has 1 aliphatic rings. The Kier molecular flexibility index (Phi) is 3.69. The van der Waals surface area contributed by atoms with Gasteiger partial charge in [-0.3, -0.25) is 0 Å². The fraction of sp³-hybridized carbons (Fsp3) is 0.462. The van der Waals surface area contributed by atoms with Gasteiger partial charge in [-0.05, 0) is 42.5 Å². The molecule has 3 nitrogen and oxygen atoms in total. The maximum atomic E-state index is 11.3. The lowest BCUT2D eigenvalue weighted by Crippen LogP contribution is -2.02. The molecule has 1 fully saturated rings. The lowest BCUT2D eigenvalue weighted by atomic mass is 10.1. The van der Waals surface area contributed by atoms with Gasteiger partial charge in [0.25, 0.3) is 0 Å². The molecule has 0 atom stereocenters. The van der Waals surface area contributed by atoms with Crippen LogP contribution in [0.25, 0.3) is 0 Å². The zero-order chi connectivity index (χ0) is 13.2. The Labute approximate surface area is 112 Å². The van der Waals surface area contributed by atoms with E-state index in [1.54, 1.807) is 23.9 Å². The predicted molar refractivity (Wildman–Crippen MR) is 72.2 cm³/mol. The first kappa shape index (κ1) is 13.4. The second kappa shape index (κ2) is 4.94. The van der Waals surface area contributed by atoms with Crippen molar-refractivity contribution in [2.75, 3.05) is 12.0 Å². The molecule has 5 heteroatoms. The molecule has 2 rings (SSSR count). The molecule has 96 valence electrons. The van der Waals surface area contributed by atoms with E-state index in [0.717, 1.165) is 23.5 Å². The molecule has 1 saturated carbocycles. The van der Waals surface area contributed by atoms with Crippen LogP contribution in [0.1, 0.15) is 19.3 Å². The van der Waals surface area contributed by atoms with E-state index in [1.807, 2.05) is 12.1 Å². The molecular weight excluding hydrogens is 266 g/mol. The van der Waals surface area contributed by atoms with Gasteiger partial charge >= 0.3 is 0 Å². The van der Waals surface area contributed by atoms with Crippen molar-refractivity contribution in [1.29, 1.82) is 5.26 Å². The summed E-state index contributed by atoms with van der Waals surface area (Å²) in [6.45, 7) is 0. The van der Waals surface area contributed by atoms with Crippen LogP contribution in [0.3, 0.4) is 0 Å². The monoisotopic (exact) mass is 281 g/mol. The van der Waals surface area contributed by atoms with Crippen molar-refractivity contribution in [2.24, 2.45) is 5.41 Å². The molecule has 0 aliphatic heterocycles. The SMILES string of the molecule is CS(=O)(=O)c1ccc(SCC2(CC#N)CC2)cc1. The Bertz CT molecular complexity index is 566. The van der Waals surface area contributed by atoms with Crippen molar-refractivity contribution in [3.8, 4) is 6.07 Å². The average Bonchev–Trinajstić information content (AvgIpc) is 3.07. The van der Waals surface area contributed by atoms with Crippen LogP contribution in [0, 0.1) is 16.7 Å². The quantitative estimate of drug-likeness (QED) is 0.779. The smallest absolute Gasteiger partial charge is 0.175 e. The summed E-state index contributed by atoms with van der Waals surface area (Å²) < 4.78 is 22.6. The molecule has 1 aromatic rings. The lowest BCUT2D eigenvalue weighted by Gasteiger charge is -2.10. The third-order valence-corrected chi connectivity index (χ3v) is 5.70. The third-order valence-electron chi connectivity index (χ3n) is 3.21. The minimum atomic E-state index is -3.11. The van der Waals surface area contributed by atoms with Gasteiger partial charge in [0.15, 0.2) is 9.84 Å². The Hall–Kier alpha value is -0.990. The van der Waals surface area contributed by atoms with Crippen LogP contribution in [0.4, 0.5) is 0 Å². The summed E-state index contributed by atoms with van der Waals surface area (Å²) in [5, 5.41) is 8.74. The number of benzene rings is 1. The number of nitrogens with zero attached hydrogens (tertiary/aromatic N) is 1. The van der Waals surface area contributed by atoms with Crippen molar-refractivity contribution in [3.05, 3.63) is 24.3 Å². The zero-order valence-corrected chi connectivity index (χ0v) is 11.9. The molecule has 0 amide bonds. The summed E-state index contributed by atoms with van der Waals surface area (Å²) in [5.74, 6) is 0.943. The number of hydrogen-bond acceptors (Lipinski definition) is 4. The number of sulfone groups is 1. The molecule has 0 saturated heterocycles. The van der Waals surface area contributed by atoms with Gasteiger partial charge in [-0.25, -0.2) is 8.42 Å². The summed E-state index contributed by atoms with van der Waals surface area (Å²) in [6.07, 6.45) is 4.10. The van der Waals surface area contributed by atoms with Gasteiger partial charge < -0.3 is 0 Å². The maximum absolute atomic E-state index is 11.3. The van der Waals surface area contributed by atoms with E-state index in [-0.39, 0.29) is 5.41 Å². The van der Waals surface area contributed by atoms with E-state index in [4.69, 9.17) is 5.26 Å². The van der Waals surface area contributed by atoms with E-state index in [9.17, 15) is 8.42 Å². The Morgan fingerprint density at radius 2 is 1.94 bits per heavy atom. The fourth-order valence-corrected chi connectivity index (χ4v) is 3.56. The molecule has 0 heterocycles. The van der Waals surface area contributed by atoms with Crippen molar-refractivity contribution in [1.82, 2.24) is 0 Å². The van der Waals surface area contributed by atoms with Crippen LogP contribution in [-0.4, -0.2) is 20.4 Å². The molecule has 0 aromatic heterocycles. The van der Waals surface area contributed by atoms with Crippen LogP contribution < -0.4 is 0 Å². The third kappa shape index (κ3) is 3.27. The normalized spacial score (nSPS) is 17.1. The minimum Gasteiger partial charge on any atom is -0.224 e. The van der Waals surface area contributed by atoms with Crippen LogP contribution in [0.15, 0.2) is 34.1 Å². The first-order valence-electron chi connectivity index (χ1n) is 5.75. The molecule has 18 heavy (non-hydrogen) atoms. The molecule has 0 spiro atoms. The summed E-state index contributed by atoms with van der Waals surface area (Å²) >= 11 is 1.70. The van der Waals surface area contributed by atoms with E-state index in [0.29, 0.717) is 11.3 Å². The molecule has 0 unspecified atom stereocenters. The largest absolute Gasteiger partial charge is 0.224 e. The predicted octanol–water partition coefficient (Wildman–Crippen LogP) is 2.88. The summed E-state index contributed by atoms with van der Waals surface area (Å²) in [4.78, 5) is 1.41. The molecule has 1 aliphatic carbocycles. The van der Waals surface area contributed by atoms with Crippen molar-refractivity contribution < 1.29 is 8.42 Å². The second-order valence-electron chi connectivity index (χ2n) is 4.87.